The number of halogens is 1. The molecule has 0 aliphatic rings. The molecule has 5 nitrogen and oxygen atoms in total. The van der Waals surface area contributed by atoms with Crippen molar-refractivity contribution in [2.45, 2.75) is 19.8 Å². The number of hydrogen-bond acceptors (Lipinski definition) is 5. The summed E-state index contributed by atoms with van der Waals surface area (Å²) < 4.78 is 4.84. The number of nitrogens with two attached hydrogens (primary N) is 2. The van der Waals surface area contributed by atoms with Gasteiger partial charge in [0.2, 0.25) is 0 Å². The lowest BCUT2D eigenvalue weighted by molar-refractivity contribution is -0.143. The van der Waals surface area contributed by atoms with E-state index >= 15 is 0 Å². The van der Waals surface area contributed by atoms with E-state index in [1.807, 2.05) is 6.92 Å². The lowest BCUT2D eigenvalue weighted by Crippen LogP contribution is -2.34. The highest BCUT2D eigenvalue weighted by atomic mass is 35.5. The van der Waals surface area contributed by atoms with E-state index in [1.165, 1.54) is 0 Å². The van der Waals surface area contributed by atoms with Crippen molar-refractivity contribution >= 4 is 18.4 Å². The average Bonchev–Trinajstić information content (AvgIpc) is 2.19. The highest BCUT2D eigenvalue weighted by molar-refractivity contribution is 5.85. The molecular weight excluding hydrogens is 230 g/mol. The summed E-state index contributed by atoms with van der Waals surface area (Å²) in [6, 6.07) is 0. The fourth-order valence-corrected chi connectivity index (χ4v) is 1.38. The molecule has 0 saturated heterocycles. The minimum absolute atomic E-state index is 0. The number of carbonyl (C=O) groups is 1. The third kappa shape index (κ3) is 10.2. The Kier molecular flexibility index (Phi) is 14.3. The van der Waals surface area contributed by atoms with Crippen molar-refractivity contribution in [3.63, 3.8) is 0 Å². The smallest absolute Gasteiger partial charge is 0.305 e. The normalized spacial score (nSPS) is 10.0. The molecule has 0 radical (unpaired) electrons. The summed E-state index contributed by atoms with van der Waals surface area (Å²) in [6.45, 7) is 6.03. The van der Waals surface area contributed by atoms with Crippen molar-refractivity contribution in [1.82, 2.24) is 4.90 Å². The quantitative estimate of drug-likeness (QED) is 0.564. The van der Waals surface area contributed by atoms with Crippen molar-refractivity contribution in [2.75, 3.05) is 39.3 Å². The molecule has 0 bridgehead atoms. The van der Waals surface area contributed by atoms with Gasteiger partial charge in [-0.05, 0) is 19.9 Å². The van der Waals surface area contributed by atoms with Gasteiger partial charge in [-0.15, -0.1) is 12.4 Å². The van der Waals surface area contributed by atoms with E-state index in [0.717, 1.165) is 26.1 Å². The van der Waals surface area contributed by atoms with Crippen LogP contribution < -0.4 is 11.5 Å². The lowest BCUT2D eigenvalue weighted by atomic mass is 10.3. The largest absolute Gasteiger partial charge is 0.466 e. The van der Waals surface area contributed by atoms with E-state index in [9.17, 15) is 4.79 Å². The Morgan fingerprint density at radius 2 is 1.75 bits per heavy atom. The molecule has 0 amide bonds. The lowest BCUT2D eigenvalue weighted by Gasteiger charge is -2.20. The monoisotopic (exact) mass is 253 g/mol. The third-order valence-corrected chi connectivity index (χ3v) is 2.05. The van der Waals surface area contributed by atoms with Crippen LogP contribution in [0.4, 0.5) is 0 Å². The second-order valence-corrected chi connectivity index (χ2v) is 3.33. The Morgan fingerprint density at radius 3 is 2.19 bits per heavy atom. The summed E-state index contributed by atoms with van der Waals surface area (Å²) in [5.41, 5.74) is 10.9. The molecule has 16 heavy (non-hydrogen) atoms. The third-order valence-electron chi connectivity index (χ3n) is 2.05. The van der Waals surface area contributed by atoms with Gasteiger partial charge >= 0.3 is 5.97 Å². The summed E-state index contributed by atoms with van der Waals surface area (Å²) in [6.07, 6.45) is 1.28. The van der Waals surface area contributed by atoms with Crippen LogP contribution in [0.3, 0.4) is 0 Å². The van der Waals surface area contributed by atoms with Crippen molar-refractivity contribution in [1.29, 1.82) is 0 Å². The van der Waals surface area contributed by atoms with Crippen LogP contribution in [0, 0.1) is 0 Å². The Labute approximate surface area is 104 Å². The average molecular weight is 254 g/mol. The second kappa shape index (κ2) is 12.7. The van der Waals surface area contributed by atoms with E-state index in [-0.39, 0.29) is 18.4 Å². The van der Waals surface area contributed by atoms with Gasteiger partial charge in [0.05, 0.1) is 6.61 Å². The second-order valence-electron chi connectivity index (χ2n) is 3.33. The highest BCUT2D eigenvalue weighted by Gasteiger charge is 2.05. The fraction of sp³-hybridized carbons (Fsp3) is 0.900. The molecular formula is C10H24ClN3O2. The van der Waals surface area contributed by atoms with Crippen molar-refractivity contribution in [3.05, 3.63) is 0 Å². The molecule has 0 aliphatic carbocycles. The molecule has 0 saturated carbocycles. The van der Waals surface area contributed by atoms with Gasteiger partial charge in [-0.3, -0.25) is 4.79 Å². The standard InChI is InChI=1S/C10H23N3O2.ClH/c1-2-15-10(14)4-3-7-13(8-5-11)9-6-12;/h2-9,11-12H2,1H3;1H. The molecule has 6 heteroatoms. The SMILES string of the molecule is CCOC(=O)CCCN(CCN)CCN.Cl. The Morgan fingerprint density at radius 1 is 1.19 bits per heavy atom. The number of esters is 1. The molecule has 0 atom stereocenters. The zero-order chi connectivity index (χ0) is 11.5. The molecule has 0 heterocycles. The van der Waals surface area contributed by atoms with Gasteiger partial charge in [-0.1, -0.05) is 0 Å². The first-order valence-electron chi connectivity index (χ1n) is 5.52. The number of nitrogens with zero attached hydrogens (tertiary/aromatic N) is 1. The van der Waals surface area contributed by atoms with Crippen LogP contribution in [0.25, 0.3) is 0 Å². The van der Waals surface area contributed by atoms with Gasteiger partial charge in [0.15, 0.2) is 0 Å². The summed E-state index contributed by atoms with van der Waals surface area (Å²) >= 11 is 0. The molecule has 0 aromatic rings. The van der Waals surface area contributed by atoms with Gasteiger partial charge in [0.1, 0.15) is 0 Å². The molecule has 98 valence electrons. The minimum atomic E-state index is -0.127. The van der Waals surface area contributed by atoms with Crippen LogP contribution in [-0.4, -0.2) is 50.2 Å². The Hall–Kier alpha value is -0.360. The molecule has 0 aliphatic heterocycles. The zero-order valence-electron chi connectivity index (χ0n) is 9.98. The first kappa shape index (κ1) is 18.0. The van der Waals surface area contributed by atoms with Crippen molar-refractivity contribution < 1.29 is 9.53 Å². The maximum atomic E-state index is 11.1. The Bertz CT molecular complexity index is 164. The summed E-state index contributed by atoms with van der Waals surface area (Å²) in [5, 5.41) is 0. The van der Waals surface area contributed by atoms with Crippen LogP contribution in [0.5, 0.6) is 0 Å². The van der Waals surface area contributed by atoms with E-state index in [0.29, 0.717) is 26.1 Å². The summed E-state index contributed by atoms with van der Waals surface area (Å²) in [5.74, 6) is -0.127. The maximum Gasteiger partial charge on any atom is 0.305 e. The number of hydrogen-bond donors (Lipinski definition) is 2. The maximum absolute atomic E-state index is 11.1. The molecule has 0 spiro atoms. The van der Waals surface area contributed by atoms with Crippen molar-refractivity contribution in [2.24, 2.45) is 11.5 Å². The van der Waals surface area contributed by atoms with E-state index in [4.69, 9.17) is 16.2 Å². The van der Waals surface area contributed by atoms with Gasteiger partial charge in [-0.2, -0.15) is 0 Å². The minimum Gasteiger partial charge on any atom is -0.466 e. The van der Waals surface area contributed by atoms with Gasteiger partial charge in [0.25, 0.3) is 0 Å². The topological polar surface area (TPSA) is 81.6 Å². The van der Waals surface area contributed by atoms with Crippen LogP contribution in [-0.2, 0) is 9.53 Å². The highest BCUT2D eigenvalue weighted by Crippen LogP contribution is 1.96. The van der Waals surface area contributed by atoms with Gasteiger partial charge < -0.3 is 21.1 Å². The Balaban J connectivity index is 0. The van der Waals surface area contributed by atoms with Crippen LogP contribution in [0.1, 0.15) is 19.8 Å². The predicted molar refractivity (Wildman–Crippen MR) is 67.7 cm³/mol. The zero-order valence-corrected chi connectivity index (χ0v) is 10.8. The van der Waals surface area contributed by atoms with E-state index in [2.05, 4.69) is 4.90 Å². The summed E-state index contributed by atoms with van der Waals surface area (Å²) in [4.78, 5) is 13.2. The van der Waals surface area contributed by atoms with Crippen LogP contribution >= 0.6 is 12.4 Å². The van der Waals surface area contributed by atoms with Crippen LogP contribution in [0.2, 0.25) is 0 Å². The fourth-order valence-electron chi connectivity index (χ4n) is 1.38. The van der Waals surface area contributed by atoms with E-state index in [1.54, 1.807) is 0 Å². The van der Waals surface area contributed by atoms with Crippen LogP contribution in [0.15, 0.2) is 0 Å². The van der Waals surface area contributed by atoms with Crippen molar-refractivity contribution in [3.8, 4) is 0 Å². The molecule has 0 rings (SSSR count). The number of ether oxygens (including phenoxy) is 1. The number of rotatable bonds is 9. The summed E-state index contributed by atoms with van der Waals surface area (Å²) in [7, 11) is 0. The first-order valence-corrected chi connectivity index (χ1v) is 5.52. The molecule has 4 N–H and O–H groups in total. The molecule has 0 fully saturated rings. The van der Waals surface area contributed by atoms with Gasteiger partial charge in [0, 0.05) is 32.6 Å². The van der Waals surface area contributed by atoms with E-state index < -0.39 is 0 Å². The molecule has 0 aromatic heterocycles. The molecule has 0 aromatic carbocycles. The van der Waals surface area contributed by atoms with Gasteiger partial charge in [-0.25, -0.2) is 0 Å². The number of carbonyl (C=O) groups excluding carboxylic acids is 1. The molecule has 0 unspecified atom stereocenters. The predicted octanol–water partition coefficient (Wildman–Crippen LogP) is -0.0291. The first-order chi connectivity index (χ1) is 7.24.